The number of halogens is 2. The lowest BCUT2D eigenvalue weighted by Gasteiger charge is -2.29. The molecule has 1 aliphatic heterocycles. The van der Waals surface area contributed by atoms with Crippen molar-refractivity contribution >= 4 is 29.2 Å². The molecule has 1 aliphatic rings. The summed E-state index contributed by atoms with van der Waals surface area (Å²) in [6.45, 7) is 6.64. The summed E-state index contributed by atoms with van der Waals surface area (Å²) in [6, 6.07) is 14.4. The number of aliphatic imine (C=N–C) groups is 1. The lowest BCUT2D eigenvalue weighted by Crippen LogP contribution is -2.39. The van der Waals surface area contributed by atoms with Crippen molar-refractivity contribution in [3.05, 3.63) is 69.2 Å². The van der Waals surface area contributed by atoms with Crippen molar-refractivity contribution in [3.63, 3.8) is 0 Å². The second-order valence-corrected chi connectivity index (χ2v) is 8.32. The first-order chi connectivity index (χ1) is 11.7. The number of nitrogens with zero attached hydrogens (tertiary/aromatic N) is 1. The van der Waals surface area contributed by atoms with E-state index in [-0.39, 0.29) is 17.5 Å². The Kier molecular flexibility index (Phi) is 4.99. The highest BCUT2D eigenvalue weighted by atomic mass is 35.5. The van der Waals surface area contributed by atoms with Gasteiger partial charge in [0.1, 0.15) is 0 Å². The van der Waals surface area contributed by atoms with Crippen LogP contribution in [-0.2, 0) is 5.41 Å². The highest BCUT2D eigenvalue weighted by Crippen LogP contribution is 2.35. The van der Waals surface area contributed by atoms with E-state index in [9.17, 15) is 0 Å². The maximum Gasteiger partial charge on any atom is 0.189 e. The van der Waals surface area contributed by atoms with Crippen LogP contribution in [0.1, 0.15) is 56.0 Å². The Morgan fingerprint density at radius 3 is 2.24 bits per heavy atom. The first kappa shape index (κ1) is 18.1. The number of benzene rings is 2. The van der Waals surface area contributed by atoms with Crippen LogP contribution < -0.4 is 11.1 Å². The number of rotatable bonds is 2. The summed E-state index contributed by atoms with van der Waals surface area (Å²) in [7, 11) is 0. The first-order valence-electron chi connectivity index (χ1n) is 8.39. The molecule has 3 rings (SSSR count). The highest BCUT2D eigenvalue weighted by molar-refractivity contribution is 6.42. The van der Waals surface area contributed by atoms with E-state index in [4.69, 9.17) is 28.9 Å². The maximum absolute atomic E-state index is 6.16. The number of nitrogens with two attached hydrogens (primary N) is 1. The zero-order valence-electron chi connectivity index (χ0n) is 14.7. The number of hydrogen-bond donors (Lipinski definition) is 2. The Labute approximate surface area is 159 Å². The van der Waals surface area contributed by atoms with Gasteiger partial charge in [0.05, 0.1) is 22.1 Å². The van der Waals surface area contributed by atoms with E-state index in [1.54, 1.807) is 6.07 Å². The van der Waals surface area contributed by atoms with E-state index in [2.05, 4.69) is 55.3 Å². The molecular formula is C20H23Cl2N3. The molecule has 0 fully saturated rings. The summed E-state index contributed by atoms with van der Waals surface area (Å²) in [4.78, 5) is 4.54. The van der Waals surface area contributed by atoms with E-state index in [0.717, 1.165) is 12.0 Å². The summed E-state index contributed by atoms with van der Waals surface area (Å²) in [5.41, 5.74) is 9.72. The van der Waals surface area contributed by atoms with Crippen molar-refractivity contribution < 1.29 is 0 Å². The number of nitrogens with one attached hydrogen (secondary N) is 1. The lowest BCUT2D eigenvalue weighted by molar-refractivity contribution is 0.486. The molecule has 0 saturated carbocycles. The molecule has 0 aliphatic carbocycles. The molecule has 0 amide bonds. The molecule has 0 radical (unpaired) electrons. The van der Waals surface area contributed by atoms with Crippen LogP contribution in [0.5, 0.6) is 0 Å². The second kappa shape index (κ2) is 6.89. The molecule has 0 bridgehead atoms. The van der Waals surface area contributed by atoms with Crippen LogP contribution in [0.25, 0.3) is 0 Å². The average molecular weight is 376 g/mol. The van der Waals surface area contributed by atoms with Gasteiger partial charge in [0, 0.05) is 0 Å². The molecule has 5 heteroatoms. The molecule has 0 aromatic heterocycles. The van der Waals surface area contributed by atoms with Gasteiger partial charge in [-0.05, 0) is 40.7 Å². The Morgan fingerprint density at radius 2 is 1.64 bits per heavy atom. The van der Waals surface area contributed by atoms with Gasteiger partial charge in [-0.2, -0.15) is 0 Å². The third-order valence-corrected chi connectivity index (χ3v) is 5.32. The molecule has 0 saturated heterocycles. The third kappa shape index (κ3) is 4.10. The molecule has 1 heterocycles. The first-order valence-corrected chi connectivity index (χ1v) is 9.15. The van der Waals surface area contributed by atoms with Crippen LogP contribution in [0.3, 0.4) is 0 Å². The fraction of sp³-hybridized carbons (Fsp3) is 0.350. The van der Waals surface area contributed by atoms with Crippen molar-refractivity contribution in [2.75, 3.05) is 0 Å². The number of hydrogen-bond acceptors (Lipinski definition) is 3. The molecule has 2 unspecified atom stereocenters. The Balaban J connectivity index is 1.85. The van der Waals surface area contributed by atoms with Gasteiger partial charge in [-0.3, -0.25) is 0 Å². The molecule has 25 heavy (non-hydrogen) atoms. The molecule has 132 valence electrons. The van der Waals surface area contributed by atoms with Crippen LogP contribution in [0.15, 0.2) is 47.5 Å². The quantitative estimate of drug-likeness (QED) is 0.739. The van der Waals surface area contributed by atoms with E-state index in [1.165, 1.54) is 11.1 Å². The van der Waals surface area contributed by atoms with Crippen molar-refractivity contribution in [1.82, 2.24) is 5.32 Å². The van der Waals surface area contributed by atoms with Gasteiger partial charge in [-0.15, -0.1) is 0 Å². The minimum Gasteiger partial charge on any atom is -0.370 e. The summed E-state index contributed by atoms with van der Waals surface area (Å²) in [5.74, 6) is 0.451. The van der Waals surface area contributed by atoms with E-state index < -0.39 is 0 Å². The monoisotopic (exact) mass is 375 g/mol. The van der Waals surface area contributed by atoms with Crippen LogP contribution in [0, 0.1) is 0 Å². The van der Waals surface area contributed by atoms with Crippen molar-refractivity contribution in [2.24, 2.45) is 10.7 Å². The largest absolute Gasteiger partial charge is 0.370 e. The van der Waals surface area contributed by atoms with Gasteiger partial charge in [-0.1, -0.05) is 74.3 Å². The van der Waals surface area contributed by atoms with Crippen LogP contribution >= 0.6 is 23.2 Å². The zero-order valence-corrected chi connectivity index (χ0v) is 16.2. The summed E-state index contributed by atoms with van der Waals surface area (Å²) < 4.78 is 0. The molecular weight excluding hydrogens is 353 g/mol. The predicted molar refractivity (Wildman–Crippen MR) is 106 cm³/mol. The van der Waals surface area contributed by atoms with Crippen LogP contribution in [0.2, 0.25) is 10.0 Å². The average Bonchev–Trinajstić information content (AvgIpc) is 2.56. The van der Waals surface area contributed by atoms with Crippen LogP contribution in [-0.4, -0.2) is 5.96 Å². The standard InChI is InChI=1S/C20H23Cl2N3/c1-20(2,3)14-7-4-12(5-8-14)17-11-18(25-19(23)24-17)13-6-9-15(21)16(22)10-13/h4-10,17-18H,11H2,1-3H3,(H3,23,24,25). The summed E-state index contributed by atoms with van der Waals surface area (Å²) in [6.07, 6.45) is 0.813. The maximum atomic E-state index is 6.16. The minimum absolute atomic E-state index is 0.0386. The predicted octanol–water partition coefficient (Wildman–Crippen LogP) is 5.38. The molecule has 2 aromatic carbocycles. The topological polar surface area (TPSA) is 50.4 Å². The van der Waals surface area contributed by atoms with Gasteiger partial charge in [0.2, 0.25) is 0 Å². The Bertz CT molecular complexity index is 792. The summed E-state index contributed by atoms with van der Waals surface area (Å²) in [5, 5.41) is 4.37. The van der Waals surface area contributed by atoms with Crippen molar-refractivity contribution in [2.45, 2.75) is 44.7 Å². The third-order valence-electron chi connectivity index (χ3n) is 4.58. The molecule has 2 aromatic rings. The van der Waals surface area contributed by atoms with Gasteiger partial charge in [0.25, 0.3) is 0 Å². The zero-order chi connectivity index (χ0) is 18.2. The summed E-state index contributed by atoms with van der Waals surface area (Å²) >= 11 is 12.2. The fourth-order valence-electron chi connectivity index (χ4n) is 3.08. The number of guanidine groups is 1. The Morgan fingerprint density at radius 1 is 1.00 bits per heavy atom. The highest BCUT2D eigenvalue weighted by Gasteiger charge is 2.25. The van der Waals surface area contributed by atoms with E-state index >= 15 is 0 Å². The SMILES string of the molecule is CC(C)(C)c1ccc(C2CC(c3ccc(Cl)c(Cl)c3)N=C(N)N2)cc1. The minimum atomic E-state index is -0.0386. The Hall–Kier alpha value is -1.71. The fourth-order valence-corrected chi connectivity index (χ4v) is 3.39. The second-order valence-electron chi connectivity index (χ2n) is 7.51. The molecule has 2 atom stereocenters. The van der Waals surface area contributed by atoms with E-state index in [1.807, 2.05) is 12.1 Å². The van der Waals surface area contributed by atoms with Gasteiger partial charge in [0.15, 0.2) is 5.96 Å². The van der Waals surface area contributed by atoms with Gasteiger partial charge in [-0.25, -0.2) is 4.99 Å². The lowest BCUT2D eigenvalue weighted by atomic mass is 9.85. The molecule has 0 spiro atoms. The van der Waals surface area contributed by atoms with Crippen molar-refractivity contribution in [1.29, 1.82) is 0 Å². The van der Waals surface area contributed by atoms with Gasteiger partial charge < -0.3 is 11.1 Å². The molecule has 3 N–H and O–H groups in total. The van der Waals surface area contributed by atoms with Crippen LogP contribution in [0.4, 0.5) is 0 Å². The normalized spacial score (nSPS) is 20.8. The smallest absolute Gasteiger partial charge is 0.189 e. The van der Waals surface area contributed by atoms with Gasteiger partial charge >= 0.3 is 0 Å². The molecule has 3 nitrogen and oxygen atoms in total. The van der Waals surface area contributed by atoms with Crippen molar-refractivity contribution in [3.8, 4) is 0 Å². The van der Waals surface area contributed by atoms with E-state index in [0.29, 0.717) is 16.0 Å².